The maximum absolute atomic E-state index is 9.80. The third-order valence-corrected chi connectivity index (χ3v) is 4.52. The summed E-state index contributed by atoms with van der Waals surface area (Å²) in [6, 6.07) is 0. The third kappa shape index (κ3) is 2.52. The molecule has 0 aromatic rings. The van der Waals surface area contributed by atoms with E-state index in [0.717, 1.165) is 0 Å². The first-order valence-electron chi connectivity index (χ1n) is 5.09. The van der Waals surface area contributed by atoms with Crippen molar-refractivity contribution in [3.8, 4) is 0 Å². The number of aliphatic hydroxyl groups is 1. The molecule has 0 aliphatic heterocycles. The van der Waals surface area contributed by atoms with E-state index in [0.29, 0.717) is 0 Å². The molecule has 0 unspecified atom stereocenters. The Kier molecular flexibility index (Phi) is 4.92. The second-order valence-corrected chi connectivity index (χ2v) is 5.64. The van der Waals surface area contributed by atoms with Gasteiger partial charge >= 0.3 is 0 Å². The molecule has 2 bridgehead atoms. The van der Waals surface area contributed by atoms with Crippen molar-refractivity contribution in [1.29, 1.82) is 0 Å². The predicted octanol–water partition coefficient (Wildman–Crippen LogP) is 3.06. The Morgan fingerprint density at radius 3 is 1.29 bits per heavy atom. The van der Waals surface area contributed by atoms with Crippen molar-refractivity contribution in [3.05, 3.63) is 56.4 Å². The Morgan fingerprint density at radius 2 is 1.18 bits per heavy atom. The quantitative estimate of drug-likeness (QED) is 0.401. The Bertz CT molecular complexity index is 287. The molecular formula is C13H13Cl2ORh. The molecule has 0 heterocycles. The summed E-state index contributed by atoms with van der Waals surface area (Å²) in [5.41, 5.74) is -1.57. The molecule has 3 aliphatic carbocycles. The van der Waals surface area contributed by atoms with Crippen molar-refractivity contribution in [2.24, 2.45) is 5.41 Å². The summed E-state index contributed by atoms with van der Waals surface area (Å²) in [5, 5.41) is 9.80. The second-order valence-electron chi connectivity index (χ2n) is 4.31. The average Bonchev–Trinajstić information content (AvgIpc) is 2.88. The molecule has 94 valence electrons. The van der Waals surface area contributed by atoms with Gasteiger partial charge in [0.25, 0.3) is 0 Å². The molecule has 1 nitrogen and oxygen atoms in total. The van der Waals surface area contributed by atoms with Crippen LogP contribution in [0.4, 0.5) is 0 Å². The minimum Gasteiger partial charge on any atom is -0.378 e. The molecule has 0 aromatic carbocycles. The number of alkyl halides is 2. The number of hydrogen-bond acceptors (Lipinski definition) is 1. The number of hydrogen-bond donors (Lipinski definition) is 1. The van der Waals surface area contributed by atoms with E-state index in [4.69, 9.17) is 23.2 Å². The van der Waals surface area contributed by atoms with E-state index in [9.17, 15) is 5.11 Å². The number of fused-ring (bicyclic) bond motifs is 2. The van der Waals surface area contributed by atoms with E-state index in [-0.39, 0.29) is 19.5 Å². The number of allylic oxidation sites excluding steroid dienone is 2. The van der Waals surface area contributed by atoms with Crippen LogP contribution in [0.25, 0.3) is 0 Å². The molecule has 1 N–H and O–H groups in total. The first kappa shape index (κ1) is 15.7. The van der Waals surface area contributed by atoms with Crippen molar-refractivity contribution >= 4 is 23.2 Å². The van der Waals surface area contributed by atoms with Crippen LogP contribution >= 0.6 is 23.2 Å². The SMILES string of the molecule is CC12C=CC(O)(C=C1)C2(Cl)Cl.[CH]1[CH][CH][CH][CH]1.[Rh]. The maximum Gasteiger partial charge on any atom is 0.166 e. The Hall–Kier alpha value is 0.643. The summed E-state index contributed by atoms with van der Waals surface area (Å²) in [6.07, 6.45) is 17.0. The van der Waals surface area contributed by atoms with Crippen LogP contribution in [-0.2, 0) is 19.5 Å². The molecule has 0 atom stereocenters. The summed E-state index contributed by atoms with van der Waals surface area (Å²) in [5.74, 6) is 0. The predicted molar refractivity (Wildman–Crippen MR) is 67.3 cm³/mol. The molecule has 0 saturated heterocycles. The van der Waals surface area contributed by atoms with Gasteiger partial charge in [0.15, 0.2) is 4.33 Å². The zero-order valence-electron chi connectivity index (χ0n) is 9.23. The van der Waals surface area contributed by atoms with Crippen molar-refractivity contribution in [1.82, 2.24) is 0 Å². The molecule has 3 rings (SSSR count). The van der Waals surface area contributed by atoms with Gasteiger partial charge in [-0.15, -0.1) is 0 Å². The summed E-state index contributed by atoms with van der Waals surface area (Å²) in [6.45, 7) is 1.89. The number of halogens is 2. The van der Waals surface area contributed by atoms with Crippen LogP contribution in [-0.4, -0.2) is 15.0 Å². The minimum atomic E-state index is -1.16. The van der Waals surface area contributed by atoms with E-state index >= 15 is 0 Å². The summed E-state index contributed by atoms with van der Waals surface area (Å²) >= 11 is 12.0. The standard InChI is InChI=1S/C8H8Cl2O.C5H5.Rh/c1-6-2-4-7(11,5-3-6)8(6,9)10;1-2-4-5-3-1;/h2-5,11H,1H3;1-5H;. The van der Waals surface area contributed by atoms with Crippen LogP contribution in [0.5, 0.6) is 0 Å². The topological polar surface area (TPSA) is 20.2 Å². The number of rotatable bonds is 0. The fourth-order valence-corrected chi connectivity index (χ4v) is 2.39. The van der Waals surface area contributed by atoms with E-state index < -0.39 is 15.3 Å². The van der Waals surface area contributed by atoms with Crippen LogP contribution in [0.15, 0.2) is 24.3 Å². The van der Waals surface area contributed by atoms with Gasteiger partial charge in [-0.3, -0.25) is 0 Å². The monoisotopic (exact) mass is 358 g/mol. The van der Waals surface area contributed by atoms with Gasteiger partial charge in [0.1, 0.15) is 5.60 Å². The van der Waals surface area contributed by atoms with Crippen molar-refractivity contribution in [3.63, 3.8) is 0 Å². The van der Waals surface area contributed by atoms with E-state index in [1.807, 2.05) is 51.2 Å². The largest absolute Gasteiger partial charge is 0.378 e. The fraction of sp³-hybridized carbons (Fsp3) is 0.308. The van der Waals surface area contributed by atoms with Crippen molar-refractivity contribution in [2.45, 2.75) is 16.9 Å². The Balaban J connectivity index is 0.000000205. The van der Waals surface area contributed by atoms with E-state index in [1.54, 1.807) is 12.2 Å². The van der Waals surface area contributed by atoms with Gasteiger partial charge in [-0.25, -0.2) is 0 Å². The van der Waals surface area contributed by atoms with Gasteiger partial charge in [-0.2, -0.15) is 0 Å². The van der Waals surface area contributed by atoms with Crippen LogP contribution in [0.3, 0.4) is 0 Å². The molecule has 6 radical (unpaired) electrons. The summed E-state index contributed by atoms with van der Waals surface area (Å²) in [7, 11) is 0. The summed E-state index contributed by atoms with van der Waals surface area (Å²) in [4.78, 5) is 0. The van der Waals surface area contributed by atoms with Gasteiger partial charge in [0.2, 0.25) is 0 Å². The zero-order valence-corrected chi connectivity index (χ0v) is 12.4. The van der Waals surface area contributed by atoms with Crippen LogP contribution in [0.1, 0.15) is 6.92 Å². The maximum atomic E-state index is 9.80. The molecule has 1 fully saturated rings. The van der Waals surface area contributed by atoms with Crippen LogP contribution in [0.2, 0.25) is 0 Å². The van der Waals surface area contributed by atoms with Crippen LogP contribution in [0, 0.1) is 37.5 Å². The molecule has 0 amide bonds. The third-order valence-electron chi connectivity index (χ3n) is 3.10. The molecule has 17 heavy (non-hydrogen) atoms. The van der Waals surface area contributed by atoms with Gasteiger partial charge < -0.3 is 5.11 Å². The van der Waals surface area contributed by atoms with Gasteiger partial charge in [-0.1, -0.05) is 35.4 Å². The van der Waals surface area contributed by atoms with Crippen molar-refractivity contribution < 1.29 is 24.6 Å². The van der Waals surface area contributed by atoms with Crippen molar-refractivity contribution in [2.75, 3.05) is 0 Å². The van der Waals surface area contributed by atoms with Crippen LogP contribution < -0.4 is 0 Å². The molecule has 0 spiro atoms. The van der Waals surface area contributed by atoms with E-state index in [2.05, 4.69) is 0 Å². The van der Waals surface area contributed by atoms with Gasteiger partial charge in [-0.05, 0) is 51.2 Å². The van der Waals surface area contributed by atoms with Gasteiger partial charge in [0.05, 0.1) is 0 Å². The minimum absolute atomic E-state index is 0. The fourth-order valence-electron chi connectivity index (χ4n) is 1.88. The first-order chi connectivity index (χ1) is 7.41. The normalized spacial score (nSPS) is 39.8. The Labute approximate surface area is 126 Å². The molecule has 0 aromatic heterocycles. The smallest absolute Gasteiger partial charge is 0.166 e. The summed E-state index contributed by atoms with van der Waals surface area (Å²) < 4.78 is -1.12. The van der Waals surface area contributed by atoms with E-state index in [1.165, 1.54) is 0 Å². The Morgan fingerprint density at radius 1 is 0.824 bits per heavy atom. The molecule has 3 aliphatic rings. The zero-order chi connectivity index (χ0) is 11.9. The average molecular weight is 359 g/mol. The molecular weight excluding hydrogens is 346 g/mol. The second kappa shape index (κ2) is 5.33. The van der Waals surface area contributed by atoms with Gasteiger partial charge in [0, 0.05) is 24.9 Å². The molecule has 4 heteroatoms. The first-order valence-corrected chi connectivity index (χ1v) is 5.85. The molecule has 1 saturated carbocycles.